The quantitative estimate of drug-likeness (QED) is 0.548. The molecule has 1 N–H and O–H groups in total. The normalized spacial score (nSPS) is 23.1. The Labute approximate surface area is 85.5 Å². The Morgan fingerprint density at radius 3 is 3.00 bits per heavy atom. The smallest absolute Gasteiger partial charge is 0.322 e. The standard InChI is InChI=1S/C11H19NO2/c1-9(11(13)14-2)12-8-10-6-4-3-5-7-10/h3-4,9-10,12H,5-8H2,1-2H3. The molecule has 0 radical (unpaired) electrons. The largest absolute Gasteiger partial charge is 0.468 e. The van der Waals surface area contributed by atoms with E-state index in [0.717, 1.165) is 13.0 Å². The molecule has 0 heterocycles. The number of rotatable bonds is 4. The first-order chi connectivity index (χ1) is 6.74. The summed E-state index contributed by atoms with van der Waals surface area (Å²) in [5.41, 5.74) is 0. The molecule has 1 aliphatic rings. The summed E-state index contributed by atoms with van der Waals surface area (Å²) in [6.45, 7) is 2.74. The lowest BCUT2D eigenvalue weighted by atomic mass is 9.94. The average molecular weight is 197 g/mol. The summed E-state index contributed by atoms with van der Waals surface area (Å²) in [4.78, 5) is 11.1. The van der Waals surface area contributed by atoms with Crippen LogP contribution in [0.2, 0.25) is 0 Å². The highest BCUT2D eigenvalue weighted by atomic mass is 16.5. The van der Waals surface area contributed by atoms with Crippen LogP contribution in [0.5, 0.6) is 0 Å². The first kappa shape index (κ1) is 11.2. The molecular formula is C11H19NO2. The van der Waals surface area contributed by atoms with Gasteiger partial charge in [0.2, 0.25) is 0 Å². The Balaban J connectivity index is 2.19. The van der Waals surface area contributed by atoms with E-state index in [1.54, 1.807) is 0 Å². The lowest BCUT2D eigenvalue weighted by Crippen LogP contribution is -2.38. The zero-order valence-corrected chi connectivity index (χ0v) is 8.95. The highest BCUT2D eigenvalue weighted by Crippen LogP contribution is 2.16. The van der Waals surface area contributed by atoms with Gasteiger partial charge in [-0.05, 0) is 38.6 Å². The van der Waals surface area contributed by atoms with Gasteiger partial charge in [-0.2, -0.15) is 0 Å². The van der Waals surface area contributed by atoms with Crippen molar-refractivity contribution in [1.82, 2.24) is 5.32 Å². The maximum Gasteiger partial charge on any atom is 0.322 e. The van der Waals surface area contributed by atoms with Crippen LogP contribution in [0.15, 0.2) is 12.2 Å². The summed E-state index contributed by atoms with van der Waals surface area (Å²) < 4.78 is 4.64. The second-order valence-corrected chi connectivity index (χ2v) is 3.80. The second-order valence-electron chi connectivity index (χ2n) is 3.80. The fourth-order valence-electron chi connectivity index (χ4n) is 1.65. The van der Waals surface area contributed by atoms with Gasteiger partial charge in [0.1, 0.15) is 6.04 Å². The Hall–Kier alpha value is -0.830. The van der Waals surface area contributed by atoms with Crippen LogP contribution in [0, 0.1) is 5.92 Å². The third-order valence-corrected chi connectivity index (χ3v) is 2.65. The van der Waals surface area contributed by atoms with E-state index in [1.165, 1.54) is 20.0 Å². The van der Waals surface area contributed by atoms with Gasteiger partial charge in [-0.3, -0.25) is 4.79 Å². The van der Waals surface area contributed by atoms with Crippen molar-refractivity contribution in [3.8, 4) is 0 Å². The molecule has 0 saturated carbocycles. The molecule has 0 saturated heterocycles. The van der Waals surface area contributed by atoms with Crippen LogP contribution >= 0.6 is 0 Å². The molecule has 0 aromatic rings. The number of hydrogen-bond donors (Lipinski definition) is 1. The number of hydrogen-bond acceptors (Lipinski definition) is 3. The Kier molecular flexibility index (Phi) is 4.66. The number of allylic oxidation sites excluding steroid dienone is 2. The van der Waals surface area contributed by atoms with Gasteiger partial charge in [-0.1, -0.05) is 12.2 Å². The molecule has 1 aliphatic carbocycles. The fraction of sp³-hybridized carbons (Fsp3) is 0.727. The SMILES string of the molecule is COC(=O)C(C)NCC1CC=CCC1. The molecule has 0 aromatic heterocycles. The molecule has 0 spiro atoms. The van der Waals surface area contributed by atoms with Crippen molar-refractivity contribution >= 4 is 5.97 Å². The number of esters is 1. The molecule has 0 aromatic carbocycles. The zero-order valence-electron chi connectivity index (χ0n) is 8.95. The number of carbonyl (C=O) groups is 1. The van der Waals surface area contributed by atoms with Crippen LogP contribution in [-0.2, 0) is 9.53 Å². The summed E-state index contributed by atoms with van der Waals surface area (Å²) in [6, 6.07) is -0.189. The third-order valence-electron chi connectivity index (χ3n) is 2.65. The van der Waals surface area contributed by atoms with Crippen LogP contribution in [0.4, 0.5) is 0 Å². The summed E-state index contributed by atoms with van der Waals surface area (Å²) in [5.74, 6) is 0.489. The lowest BCUT2D eigenvalue weighted by Gasteiger charge is -2.20. The van der Waals surface area contributed by atoms with Gasteiger partial charge in [0.05, 0.1) is 7.11 Å². The number of nitrogens with one attached hydrogen (secondary N) is 1. The van der Waals surface area contributed by atoms with E-state index in [-0.39, 0.29) is 12.0 Å². The Bertz CT molecular complexity index is 213. The van der Waals surface area contributed by atoms with E-state index < -0.39 is 0 Å². The molecule has 0 fully saturated rings. The van der Waals surface area contributed by atoms with Crippen LogP contribution in [0.25, 0.3) is 0 Å². The van der Waals surface area contributed by atoms with E-state index >= 15 is 0 Å². The minimum Gasteiger partial charge on any atom is -0.468 e. The molecule has 80 valence electrons. The van der Waals surface area contributed by atoms with Crippen LogP contribution < -0.4 is 5.32 Å². The van der Waals surface area contributed by atoms with Crippen LogP contribution in [-0.4, -0.2) is 25.7 Å². The van der Waals surface area contributed by atoms with Gasteiger partial charge in [0, 0.05) is 0 Å². The number of ether oxygens (including phenoxy) is 1. The summed E-state index contributed by atoms with van der Waals surface area (Å²) in [7, 11) is 1.42. The molecule has 0 bridgehead atoms. The van der Waals surface area contributed by atoms with Gasteiger partial charge in [0.15, 0.2) is 0 Å². The van der Waals surface area contributed by atoms with Gasteiger partial charge < -0.3 is 10.1 Å². The monoisotopic (exact) mass is 197 g/mol. The maximum absolute atomic E-state index is 11.1. The average Bonchev–Trinajstić information content (AvgIpc) is 2.26. The number of carbonyl (C=O) groups excluding carboxylic acids is 1. The minimum atomic E-state index is -0.189. The van der Waals surface area contributed by atoms with E-state index in [0.29, 0.717) is 5.92 Å². The van der Waals surface area contributed by atoms with Crippen molar-refractivity contribution in [1.29, 1.82) is 0 Å². The van der Waals surface area contributed by atoms with E-state index in [9.17, 15) is 4.79 Å². The van der Waals surface area contributed by atoms with Crippen LogP contribution in [0.1, 0.15) is 26.2 Å². The summed E-state index contributed by atoms with van der Waals surface area (Å²) in [5, 5.41) is 3.19. The molecule has 0 aliphatic heterocycles. The molecule has 3 heteroatoms. The van der Waals surface area contributed by atoms with Crippen molar-refractivity contribution in [3.05, 3.63) is 12.2 Å². The van der Waals surface area contributed by atoms with Crippen molar-refractivity contribution in [2.75, 3.05) is 13.7 Å². The fourth-order valence-corrected chi connectivity index (χ4v) is 1.65. The minimum absolute atomic E-state index is 0.184. The van der Waals surface area contributed by atoms with Gasteiger partial charge >= 0.3 is 5.97 Å². The molecule has 3 nitrogen and oxygen atoms in total. The predicted molar refractivity (Wildman–Crippen MR) is 56.0 cm³/mol. The van der Waals surface area contributed by atoms with E-state index in [2.05, 4.69) is 22.2 Å². The Morgan fingerprint density at radius 1 is 1.64 bits per heavy atom. The molecule has 1 rings (SSSR count). The van der Waals surface area contributed by atoms with Crippen molar-refractivity contribution in [2.45, 2.75) is 32.2 Å². The lowest BCUT2D eigenvalue weighted by molar-refractivity contribution is -0.142. The molecule has 0 amide bonds. The number of methoxy groups -OCH3 is 1. The topological polar surface area (TPSA) is 38.3 Å². The first-order valence-corrected chi connectivity index (χ1v) is 5.20. The van der Waals surface area contributed by atoms with Gasteiger partial charge in [-0.25, -0.2) is 0 Å². The van der Waals surface area contributed by atoms with Gasteiger partial charge in [-0.15, -0.1) is 0 Å². The zero-order chi connectivity index (χ0) is 10.4. The molecule has 2 unspecified atom stereocenters. The Morgan fingerprint density at radius 2 is 2.43 bits per heavy atom. The second kappa shape index (κ2) is 5.81. The molecular weight excluding hydrogens is 178 g/mol. The van der Waals surface area contributed by atoms with Crippen molar-refractivity contribution < 1.29 is 9.53 Å². The summed E-state index contributed by atoms with van der Waals surface area (Å²) >= 11 is 0. The maximum atomic E-state index is 11.1. The molecule has 14 heavy (non-hydrogen) atoms. The summed E-state index contributed by atoms with van der Waals surface area (Å²) in [6.07, 6.45) is 7.95. The van der Waals surface area contributed by atoms with Crippen LogP contribution in [0.3, 0.4) is 0 Å². The highest BCUT2D eigenvalue weighted by Gasteiger charge is 2.15. The van der Waals surface area contributed by atoms with E-state index in [1.807, 2.05) is 6.92 Å². The highest BCUT2D eigenvalue weighted by molar-refractivity contribution is 5.75. The third kappa shape index (κ3) is 3.50. The predicted octanol–water partition coefficient (Wildman–Crippen LogP) is 1.49. The molecule has 2 atom stereocenters. The van der Waals surface area contributed by atoms with Crippen molar-refractivity contribution in [2.24, 2.45) is 5.92 Å². The first-order valence-electron chi connectivity index (χ1n) is 5.20. The van der Waals surface area contributed by atoms with Crippen molar-refractivity contribution in [3.63, 3.8) is 0 Å². The van der Waals surface area contributed by atoms with E-state index in [4.69, 9.17) is 0 Å². The van der Waals surface area contributed by atoms with Gasteiger partial charge in [0.25, 0.3) is 0 Å².